The highest BCUT2D eigenvalue weighted by Gasteiger charge is 1.91. The Morgan fingerprint density at radius 3 is 2.35 bits per heavy atom. The zero-order valence-corrected chi connectivity index (χ0v) is 11.6. The molecule has 0 saturated carbocycles. The fourth-order valence-electron chi connectivity index (χ4n) is 1.80. The lowest BCUT2D eigenvalue weighted by molar-refractivity contribution is 1.01. The molecule has 0 saturated heterocycles. The smallest absolute Gasteiger partial charge is 0.136 e. The summed E-state index contributed by atoms with van der Waals surface area (Å²) in [6.45, 7) is 0. The highest BCUT2D eigenvalue weighted by atomic mass is 32.1. The molecule has 0 atom stereocenters. The molecule has 0 aliphatic carbocycles. The molecule has 0 aliphatic rings. The molecule has 0 fully saturated rings. The van der Waals surface area contributed by atoms with Crippen molar-refractivity contribution < 1.29 is 0 Å². The fraction of sp³-hybridized carbons (Fsp3) is 0. The Kier molecular flexibility index (Phi) is 3.85. The molecule has 0 bridgehead atoms. The minimum Gasteiger partial charge on any atom is -0.309 e. The average Bonchev–Trinajstić information content (AvgIpc) is 3.20. The Morgan fingerprint density at radius 1 is 0.800 bits per heavy atom. The Bertz CT molecular complexity index is 730. The highest BCUT2D eigenvalue weighted by molar-refractivity contribution is 7.16. The first kappa shape index (κ1) is 12.6. The van der Waals surface area contributed by atoms with E-state index in [1.165, 1.54) is 4.70 Å². The quantitative estimate of drug-likeness (QED) is 0.523. The Labute approximate surface area is 121 Å². The molecule has 3 nitrogen and oxygen atoms in total. The van der Waals surface area contributed by atoms with Crippen LogP contribution in [-0.2, 0) is 0 Å². The summed E-state index contributed by atoms with van der Waals surface area (Å²) in [4.78, 5) is 8.32. The van der Waals surface area contributed by atoms with Crippen LogP contribution in [0.3, 0.4) is 0 Å². The molecular formula is C16H13N3S. The summed E-state index contributed by atoms with van der Waals surface area (Å²) in [6, 6.07) is 17.9. The monoisotopic (exact) mass is 279 g/mol. The van der Waals surface area contributed by atoms with Gasteiger partial charge in [0.05, 0.1) is 15.7 Å². The van der Waals surface area contributed by atoms with Gasteiger partial charge < -0.3 is 4.57 Å². The predicted molar refractivity (Wildman–Crippen MR) is 83.2 cm³/mol. The van der Waals surface area contributed by atoms with E-state index >= 15 is 0 Å². The minimum absolute atomic E-state index is 0.956. The van der Waals surface area contributed by atoms with Gasteiger partial charge in [-0.2, -0.15) is 0 Å². The fourth-order valence-corrected chi connectivity index (χ4v) is 2.48. The van der Waals surface area contributed by atoms with Crippen molar-refractivity contribution in [3.8, 4) is 5.82 Å². The first-order valence-corrected chi connectivity index (χ1v) is 7.14. The number of rotatable bonds is 1. The Hall–Kier alpha value is -2.46. The van der Waals surface area contributed by atoms with Crippen LogP contribution in [0, 0.1) is 0 Å². The van der Waals surface area contributed by atoms with E-state index in [1.54, 1.807) is 17.5 Å². The molecule has 3 heterocycles. The maximum atomic E-state index is 4.18. The van der Waals surface area contributed by atoms with Crippen LogP contribution in [0.1, 0.15) is 0 Å². The number of hydrogen-bond donors (Lipinski definition) is 0. The average molecular weight is 279 g/mol. The van der Waals surface area contributed by atoms with E-state index in [-0.39, 0.29) is 0 Å². The van der Waals surface area contributed by atoms with Gasteiger partial charge in [-0.25, -0.2) is 9.97 Å². The summed E-state index contributed by atoms with van der Waals surface area (Å²) in [5.74, 6) is 0.956. The first-order valence-electron chi connectivity index (χ1n) is 6.26. The topological polar surface area (TPSA) is 30.7 Å². The second-order valence-electron chi connectivity index (χ2n) is 4.10. The maximum absolute atomic E-state index is 4.18. The molecular weight excluding hydrogens is 266 g/mol. The molecule has 98 valence electrons. The molecule has 0 aliphatic heterocycles. The summed E-state index contributed by atoms with van der Waals surface area (Å²) in [6.07, 6.45) is 5.74. The lowest BCUT2D eigenvalue weighted by Gasteiger charge is -1.98. The third-order valence-corrected chi connectivity index (χ3v) is 3.56. The van der Waals surface area contributed by atoms with Gasteiger partial charge in [-0.1, -0.05) is 18.2 Å². The normalized spacial score (nSPS) is 10.0. The van der Waals surface area contributed by atoms with Crippen LogP contribution >= 0.6 is 11.3 Å². The third kappa shape index (κ3) is 2.92. The second kappa shape index (κ2) is 6.12. The molecule has 0 radical (unpaired) electrons. The number of hydrogen-bond acceptors (Lipinski definition) is 3. The number of thiazole rings is 1. The van der Waals surface area contributed by atoms with Gasteiger partial charge in [-0.3, -0.25) is 0 Å². The molecule has 3 aromatic heterocycles. The van der Waals surface area contributed by atoms with E-state index in [2.05, 4.69) is 16.0 Å². The van der Waals surface area contributed by atoms with E-state index in [4.69, 9.17) is 0 Å². The maximum Gasteiger partial charge on any atom is 0.136 e. The van der Waals surface area contributed by atoms with Crippen molar-refractivity contribution in [3.05, 3.63) is 78.7 Å². The Balaban J connectivity index is 0.000000123. The number of benzene rings is 1. The first-order chi connectivity index (χ1) is 9.93. The number of aromatic nitrogens is 3. The van der Waals surface area contributed by atoms with E-state index in [9.17, 15) is 0 Å². The molecule has 0 spiro atoms. The third-order valence-electron chi connectivity index (χ3n) is 2.75. The van der Waals surface area contributed by atoms with Crippen LogP contribution in [0.2, 0.25) is 0 Å². The van der Waals surface area contributed by atoms with Crippen LogP contribution in [0.5, 0.6) is 0 Å². The lowest BCUT2D eigenvalue weighted by atomic mass is 10.3. The van der Waals surface area contributed by atoms with Gasteiger partial charge in [0, 0.05) is 18.6 Å². The summed E-state index contributed by atoms with van der Waals surface area (Å²) in [5.41, 5.74) is 2.97. The van der Waals surface area contributed by atoms with Gasteiger partial charge >= 0.3 is 0 Å². The summed E-state index contributed by atoms with van der Waals surface area (Å²) in [7, 11) is 0. The van der Waals surface area contributed by atoms with Gasteiger partial charge in [-0.15, -0.1) is 11.3 Å². The van der Waals surface area contributed by atoms with E-state index in [1.807, 2.05) is 71.0 Å². The summed E-state index contributed by atoms with van der Waals surface area (Å²) >= 11 is 1.68. The molecule has 0 N–H and O–H groups in total. The van der Waals surface area contributed by atoms with E-state index in [0.717, 1.165) is 11.3 Å². The standard InChI is InChI=1S/C9H8N2.C7H5NS/c1-2-6-10-9(5-1)11-7-3-4-8-11;1-2-4-7-6(3-1)8-5-9-7/h1-8H;1-5H. The van der Waals surface area contributed by atoms with E-state index in [0.29, 0.717) is 0 Å². The van der Waals surface area contributed by atoms with Crippen molar-refractivity contribution in [3.63, 3.8) is 0 Å². The van der Waals surface area contributed by atoms with Crippen LogP contribution in [-0.4, -0.2) is 14.5 Å². The van der Waals surface area contributed by atoms with Crippen molar-refractivity contribution >= 4 is 21.6 Å². The van der Waals surface area contributed by atoms with Gasteiger partial charge in [0.2, 0.25) is 0 Å². The van der Waals surface area contributed by atoms with Crippen LogP contribution in [0.4, 0.5) is 0 Å². The van der Waals surface area contributed by atoms with E-state index < -0.39 is 0 Å². The molecule has 4 aromatic rings. The van der Waals surface area contributed by atoms with Crippen LogP contribution in [0.25, 0.3) is 16.0 Å². The number of fused-ring (bicyclic) bond motifs is 1. The second-order valence-corrected chi connectivity index (χ2v) is 4.98. The summed E-state index contributed by atoms with van der Waals surface area (Å²) in [5, 5.41) is 0. The molecule has 0 unspecified atom stereocenters. The predicted octanol–water partition coefficient (Wildman–Crippen LogP) is 4.17. The van der Waals surface area contributed by atoms with Crippen molar-refractivity contribution in [1.29, 1.82) is 0 Å². The largest absolute Gasteiger partial charge is 0.309 e. The molecule has 0 amide bonds. The van der Waals surface area contributed by atoms with Crippen molar-refractivity contribution in [2.45, 2.75) is 0 Å². The van der Waals surface area contributed by atoms with Crippen molar-refractivity contribution in [1.82, 2.24) is 14.5 Å². The SMILES string of the molecule is c1ccc(-n2cccc2)nc1.c1ccc2scnc2c1. The molecule has 4 heteroatoms. The zero-order chi connectivity index (χ0) is 13.6. The van der Waals surface area contributed by atoms with Crippen molar-refractivity contribution in [2.24, 2.45) is 0 Å². The van der Waals surface area contributed by atoms with Gasteiger partial charge in [0.15, 0.2) is 0 Å². The van der Waals surface area contributed by atoms with Gasteiger partial charge in [0.1, 0.15) is 5.82 Å². The van der Waals surface area contributed by atoms with Crippen LogP contribution < -0.4 is 0 Å². The molecule has 4 rings (SSSR count). The van der Waals surface area contributed by atoms with Gasteiger partial charge in [0.25, 0.3) is 0 Å². The highest BCUT2D eigenvalue weighted by Crippen LogP contribution is 2.15. The lowest BCUT2D eigenvalue weighted by Crippen LogP contribution is -1.91. The number of para-hydroxylation sites is 1. The zero-order valence-electron chi connectivity index (χ0n) is 10.8. The number of nitrogens with zero attached hydrogens (tertiary/aromatic N) is 3. The molecule has 1 aromatic carbocycles. The molecule has 20 heavy (non-hydrogen) atoms. The van der Waals surface area contributed by atoms with Gasteiger partial charge in [-0.05, 0) is 36.4 Å². The van der Waals surface area contributed by atoms with Crippen molar-refractivity contribution in [2.75, 3.05) is 0 Å². The van der Waals surface area contributed by atoms with Crippen LogP contribution in [0.15, 0.2) is 78.7 Å². The Morgan fingerprint density at radius 2 is 1.60 bits per heavy atom. The summed E-state index contributed by atoms with van der Waals surface area (Å²) < 4.78 is 3.23. The number of pyridine rings is 1. The minimum atomic E-state index is 0.956.